The quantitative estimate of drug-likeness (QED) is 0.184. The molecule has 10 aromatic rings. The first kappa shape index (κ1) is 28.5. The Labute approximate surface area is 291 Å². The normalized spacial score (nSPS) is 11.6. The highest BCUT2D eigenvalue weighted by Crippen LogP contribution is 2.44. The highest BCUT2D eigenvalue weighted by atomic mass is 32.1. The van der Waals surface area contributed by atoms with E-state index < -0.39 is 0 Å². The summed E-state index contributed by atoms with van der Waals surface area (Å²) in [7, 11) is 0. The predicted molar refractivity (Wildman–Crippen MR) is 205 cm³/mol. The SMILES string of the molecule is c1ccc(-c2nc(-c3ccccc3)nc(-c3ccc(-c4ccc(-c5nc6sc7ccccc7c6c6oc7ccccc7c56)cc4)cc3)n2)cc1. The number of rotatable bonds is 5. The first-order chi connectivity index (χ1) is 24.8. The van der Waals surface area contributed by atoms with E-state index in [4.69, 9.17) is 24.4 Å². The van der Waals surface area contributed by atoms with Crippen LogP contribution in [0.15, 0.2) is 162 Å². The van der Waals surface area contributed by atoms with Crippen molar-refractivity contribution in [1.82, 2.24) is 19.9 Å². The fraction of sp³-hybridized carbons (Fsp3) is 0. The molecule has 0 aliphatic carbocycles. The van der Waals surface area contributed by atoms with Crippen molar-refractivity contribution < 1.29 is 4.42 Å². The standard InChI is InChI=1S/C44H26N4OS/c1-3-11-30(12-4-1)41-46-42(31-13-5-2-6-14-31)48-43(47-41)32-25-21-28(22-26-32)27-19-23-29(24-20-27)39-37-33-15-7-9-17-35(33)49-40(37)38-34-16-8-10-18-36(34)50-44(38)45-39/h1-26H. The lowest BCUT2D eigenvalue weighted by Gasteiger charge is -2.09. The van der Waals surface area contributed by atoms with Gasteiger partial charge >= 0.3 is 0 Å². The second-order valence-electron chi connectivity index (χ2n) is 12.2. The molecule has 50 heavy (non-hydrogen) atoms. The van der Waals surface area contributed by atoms with Gasteiger partial charge in [-0.25, -0.2) is 19.9 Å². The number of fused-ring (bicyclic) bond motifs is 7. The third-order valence-electron chi connectivity index (χ3n) is 9.18. The van der Waals surface area contributed by atoms with Gasteiger partial charge in [-0.1, -0.05) is 146 Å². The van der Waals surface area contributed by atoms with Crippen molar-refractivity contribution in [3.8, 4) is 56.5 Å². The summed E-state index contributed by atoms with van der Waals surface area (Å²) < 4.78 is 7.76. The molecule has 0 amide bonds. The summed E-state index contributed by atoms with van der Waals surface area (Å²) in [6.07, 6.45) is 0. The molecular formula is C44H26N4OS. The number of pyridine rings is 1. The van der Waals surface area contributed by atoms with Gasteiger partial charge in [-0.3, -0.25) is 0 Å². The fourth-order valence-electron chi connectivity index (χ4n) is 6.72. The third kappa shape index (κ3) is 4.77. The van der Waals surface area contributed by atoms with Gasteiger partial charge in [0.05, 0.1) is 16.5 Å². The topological polar surface area (TPSA) is 64.7 Å². The van der Waals surface area contributed by atoms with Crippen LogP contribution in [0.5, 0.6) is 0 Å². The Morgan fingerprint density at radius 1 is 0.380 bits per heavy atom. The van der Waals surface area contributed by atoms with Crippen molar-refractivity contribution in [2.24, 2.45) is 0 Å². The van der Waals surface area contributed by atoms with Gasteiger partial charge in [-0.05, 0) is 23.3 Å². The maximum atomic E-state index is 6.55. The van der Waals surface area contributed by atoms with Crippen LogP contribution in [0.2, 0.25) is 0 Å². The number of para-hydroxylation sites is 1. The van der Waals surface area contributed by atoms with E-state index in [-0.39, 0.29) is 0 Å². The number of furan rings is 1. The van der Waals surface area contributed by atoms with E-state index in [0.29, 0.717) is 17.5 Å². The summed E-state index contributed by atoms with van der Waals surface area (Å²) in [5.74, 6) is 1.94. The fourth-order valence-corrected chi connectivity index (χ4v) is 7.80. The number of thiophene rings is 1. The number of aromatic nitrogens is 4. The summed E-state index contributed by atoms with van der Waals surface area (Å²) in [5, 5.41) is 4.39. The smallest absolute Gasteiger partial charge is 0.164 e. The highest BCUT2D eigenvalue weighted by molar-refractivity contribution is 7.25. The van der Waals surface area contributed by atoms with Crippen LogP contribution in [-0.4, -0.2) is 19.9 Å². The lowest BCUT2D eigenvalue weighted by molar-refractivity contribution is 0.673. The van der Waals surface area contributed by atoms with Crippen LogP contribution in [0, 0.1) is 0 Å². The molecular weight excluding hydrogens is 633 g/mol. The second-order valence-corrected chi connectivity index (χ2v) is 13.3. The minimum atomic E-state index is 0.638. The van der Waals surface area contributed by atoms with Crippen molar-refractivity contribution in [3.63, 3.8) is 0 Å². The van der Waals surface area contributed by atoms with Crippen LogP contribution in [0.4, 0.5) is 0 Å². The average Bonchev–Trinajstić information content (AvgIpc) is 3.77. The molecule has 234 valence electrons. The summed E-state index contributed by atoms with van der Waals surface area (Å²) in [6.45, 7) is 0. The second kappa shape index (κ2) is 11.6. The van der Waals surface area contributed by atoms with Crippen molar-refractivity contribution in [1.29, 1.82) is 0 Å². The van der Waals surface area contributed by atoms with Crippen LogP contribution in [-0.2, 0) is 0 Å². The lowest BCUT2D eigenvalue weighted by Crippen LogP contribution is -2.00. The molecule has 0 saturated heterocycles. The maximum Gasteiger partial charge on any atom is 0.164 e. The first-order valence-corrected chi connectivity index (χ1v) is 17.3. The highest BCUT2D eigenvalue weighted by Gasteiger charge is 2.21. The molecule has 0 unspecified atom stereocenters. The molecule has 0 aliphatic heterocycles. The molecule has 5 nitrogen and oxygen atoms in total. The maximum absolute atomic E-state index is 6.55. The van der Waals surface area contributed by atoms with Gasteiger partial charge in [0.2, 0.25) is 0 Å². The Morgan fingerprint density at radius 2 is 0.860 bits per heavy atom. The molecule has 0 aliphatic rings. The Hall–Kier alpha value is -6.50. The molecule has 0 radical (unpaired) electrons. The summed E-state index contributed by atoms with van der Waals surface area (Å²) in [5.41, 5.74) is 8.80. The van der Waals surface area contributed by atoms with Crippen molar-refractivity contribution in [2.45, 2.75) is 0 Å². The number of benzene rings is 6. The van der Waals surface area contributed by atoms with Crippen LogP contribution >= 0.6 is 11.3 Å². The van der Waals surface area contributed by atoms with E-state index in [0.717, 1.165) is 71.2 Å². The van der Waals surface area contributed by atoms with Crippen molar-refractivity contribution in [2.75, 3.05) is 0 Å². The lowest BCUT2D eigenvalue weighted by atomic mass is 9.99. The van der Waals surface area contributed by atoms with E-state index in [1.165, 1.54) is 10.1 Å². The zero-order valence-corrected chi connectivity index (χ0v) is 27.4. The van der Waals surface area contributed by atoms with Gasteiger partial charge in [0.1, 0.15) is 16.0 Å². The molecule has 0 atom stereocenters. The van der Waals surface area contributed by atoms with Crippen molar-refractivity contribution >= 4 is 53.6 Å². The zero-order valence-electron chi connectivity index (χ0n) is 26.6. The summed E-state index contributed by atoms with van der Waals surface area (Å²) in [6, 6.07) is 53.9. The van der Waals surface area contributed by atoms with Gasteiger partial charge in [0, 0.05) is 37.7 Å². The Morgan fingerprint density at radius 3 is 1.48 bits per heavy atom. The summed E-state index contributed by atoms with van der Waals surface area (Å²) >= 11 is 1.71. The minimum Gasteiger partial charge on any atom is -0.455 e. The average molecular weight is 659 g/mol. The van der Waals surface area contributed by atoms with Crippen molar-refractivity contribution in [3.05, 3.63) is 158 Å². The van der Waals surface area contributed by atoms with E-state index in [1.54, 1.807) is 11.3 Å². The van der Waals surface area contributed by atoms with Gasteiger partial charge in [0.25, 0.3) is 0 Å². The third-order valence-corrected chi connectivity index (χ3v) is 10.2. The minimum absolute atomic E-state index is 0.638. The van der Waals surface area contributed by atoms with E-state index in [2.05, 4.69) is 84.9 Å². The van der Waals surface area contributed by atoms with E-state index >= 15 is 0 Å². The molecule has 6 heteroatoms. The molecule has 0 spiro atoms. The number of hydrogen-bond donors (Lipinski definition) is 0. The Balaban J connectivity index is 1.03. The molecule has 4 heterocycles. The van der Waals surface area contributed by atoms with Gasteiger partial charge in [0.15, 0.2) is 17.5 Å². The molecule has 10 rings (SSSR count). The largest absolute Gasteiger partial charge is 0.455 e. The van der Waals surface area contributed by atoms with Crippen LogP contribution < -0.4 is 0 Å². The zero-order chi connectivity index (χ0) is 33.0. The van der Waals surface area contributed by atoms with Crippen LogP contribution in [0.3, 0.4) is 0 Å². The van der Waals surface area contributed by atoms with Gasteiger partial charge in [-0.15, -0.1) is 11.3 Å². The molecule has 0 N–H and O–H groups in total. The number of nitrogens with zero attached hydrogens (tertiary/aromatic N) is 4. The van der Waals surface area contributed by atoms with Gasteiger partial charge < -0.3 is 4.42 Å². The van der Waals surface area contributed by atoms with E-state index in [1.807, 2.05) is 72.8 Å². The van der Waals surface area contributed by atoms with Crippen LogP contribution in [0.25, 0.3) is 98.8 Å². The molecule has 4 aromatic heterocycles. The van der Waals surface area contributed by atoms with E-state index in [9.17, 15) is 0 Å². The van der Waals surface area contributed by atoms with Crippen LogP contribution in [0.1, 0.15) is 0 Å². The molecule has 0 fully saturated rings. The van der Waals surface area contributed by atoms with Gasteiger partial charge in [-0.2, -0.15) is 0 Å². The predicted octanol–water partition coefficient (Wildman–Crippen LogP) is 11.9. The monoisotopic (exact) mass is 658 g/mol. The summed E-state index contributed by atoms with van der Waals surface area (Å²) in [4.78, 5) is 20.9. The Bertz CT molecular complexity index is 2790. The molecule has 0 saturated carbocycles. The Kier molecular flexibility index (Phi) is 6.60. The molecule has 6 aromatic carbocycles. The first-order valence-electron chi connectivity index (χ1n) is 16.5. The number of hydrogen-bond acceptors (Lipinski definition) is 6. The molecule has 0 bridgehead atoms.